The van der Waals surface area contributed by atoms with E-state index in [-0.39, 0.29) is 12.0 Å². The van der Waals surface area contributed by atoms with Gasteiger partial charge in [-0.15, -0.1) is 0 Å². The molecule has 114 valence electrons. The zero-order valence-corrected chi connectivity index (χ0v) is 12.6. The molecule has 21 heavy (non-hydrogen) atoms. The summed E-state index contributed by atoms with van der Waals surface area (Å²) in [5.74, 6) is 0.478. The van der Waals surface area contributed by atoms with Crippen molar-refractivity contribution in [2.45, 2.75) is 32.9 Å². The summed E-state index contributed by atoms with van der Waals surface area (Å²) in [4.78, 5) is 0. The zero-order valence-electron chi connectivity index (χ0n) is 12.6. The zero-order chi connectivity index (χ0) is 15.2. The summed E-state index contributed by atoms with van der Waals surface area (Å²) in [5, 5.41) is 18.6. The molecule has 6 nitrogen and oxygen atoms in total. The number of rotatable bonds is 7. The largest absolute Gasteiger partial charge is 0.539 e. The van der Waals surface area contributed by atoms with Crippen molar-refractivity contribution < 1.29 is 19.0 Å². The summed E-state index contributed by atoms with van der Waals surface area (Å²) in [6.45, 7) is 5.15. The van der Waals surface area contributed by atoms with E-state index in [9.17, 15) is 5.11 Å². The van der Waals surface area contributed by atoms with Crippen LogP contribution in [0.5, 0.6) is 11.7 Å². The van der Waals surface area contributed by atoms with E-state index >= 15 is 0 Å². The van der Waals surface area contributed by atoms with E-state index < -0.39 is 0 Å². The van der Waals surface area contributed by atoms with E-state index in [1.54, 1.807) is 11.8 Å². The fourth-order valence-corrected chi connectivity index (χ4v) is 2.07. The van der Waals surface area contributed by atoms with E-state index in [0.29, 0.717) is 12.2 Å². The Morgan fingerprint density at radius 3 is 2.67 bits per heavy atom. The first kappa shape index (κ1) is 15.3. The molecule has 0 saturated heterocycles. The molecule has 1 heterocycles. The third-order valence-electron chi connectivity index (χ3n) is 3.25. The molecule has 1 aromatic heterocycles. The molecule has 0 radical (unpaired) electrons. The Labute approximate surface area is 124 Å². The Morgan fingerprint density at radius 1 is 1.33 bits per heavy atom. The van der Waals surface area contributed by atoms with Crippen LogP contribution in [0.4, 0.5) is 0 Å². The number of ether oxygens (including phenoxy) is 1. The fraction of sp³-hybridized carbons (Fsp3) is 0.467. The highest BCUT2D eigenvalue weighted by atomic mass is 16.6. The van der Waals surface area contributed by atoms with Crippen LogP contribution in [0.15, 0.2) is 28.8 Å². The van der Waals surface area contributed by atoms with Gasteiger partial charge < -0.3 is 19.7 Å². The number of methoxy groups -OCH3 is 1. The third-order valence-corrected chi connectivity index (χ3v) is 3.25. The molecule has 0 aliphatic carbocycles. The third kappa shape index (κ3) is 3.95. The minimum atomic E-state index is -0.374. The molecule has 0 spiro atoms. The summed E-state index contributed by atoms with van der Waals surface area (Å²) in [6, 6.07) is 8.06. The van der Waals surface area contributed by atoms with Gasteiger partial charge in [-0.2, -0.15) is 0 Å². The first-order valence-electron chi connectivity index (χ1n) is 7.03. The number of hydrogen-bond donors (Lipinski definition) is 1. The molecule has 0 aliphatic heterocycles. The molecular weight excluding hydrogens is 270 g/mol. The predicted octanol–water partition coefficient (Wildman–Crippen LogP) is 0.957. The van der Waals surface area contributed by atoms with Crippen LogP contribution in [-0.4, -0.2) is 18.9 Å². The van der Waals surface area contributed by atoms with Crippen molar-refractivity contribution >= 4 is 0 Å². The highest BCUT2D eigenvalue weighted by Crippen LogP contribution is 2.12. The number of benzene rings is 1. The molecule has 0 amide bonds. The van der Waals surface area contributed by atoms with Crippen molar-refractivity contribution in [3.63, 3.8) is 0 Å². The van der Waals surface area contributed by atoms with Crippen molar-refractivity contribution in [2.24, 2.45) is 0 Å². The minimum absolute atomic E-state index is 0.106. The summed E-state index contributed by atoms with van der Waals surface area (Å²) in [7, 11) is 1.65. The lowest BCUT2D eigenvalue weighted by Crippen LogP contribution is -2.43. The SMILES string of the molecule is COc1ccc(CCNCc2c([O-])on[n+]2C(C)C)cc1. The standard InChI is InChI=1S/C15H21N3O3/c1-11(2)18-14(15(19)21-17-18)10-16-9-8-12-4-6-13(20-3)7-5-12/h4-7,11,16H,8-10H2,1-3H3. The topological polar surface area (TPSA) is 74.2 Å². The summed E-state index contributed by atoms with van der Waals surface area (Å²) < 4.78 is 11.4. The molecule has 2 aromatic rings. The van der Waals surface area contributed by atoms with Gasteiger partial charge in [-0.3, -0.25) is 0 Å². The first-order chi connectivity index (χ1) is 10.1. The average molecular weight is 291 g/mol. The van der Waals surface area contributed by atoms with Crippen LogP contribution in [0, 0.1) is 0 Å². The molecule has 0 fully saturated rings. The van der Waals surface area contributed by atoms with Gasteiger partial charge in [0, 0.05) is 0 Å². The second-order valence-corrected chi connectivity index (χ2v) is 5.12. The van der Waals surface area contributed by atoms with Gasteiger partial charge in [-0.1, -0.05) is 16.8 Å². The molecular formula is C15H21N3O3. The van der Waals surface area contributed by atoms with Crippen molar-refractivity contribution in [3.8, 4) is 11.7 Å². The molecule has 0 atom stereocenters. The molecule has 1 N–H and O–H groups in total. The van der Waals surface area contributed by atoms with E-state index in [2.05, 4.69) is 10.6 Å². The maximum absolute atomic E-state index is 11.6. The van der Waals surface area contributed by atoms with Crippen molar-refractivity contribution in [1.82, 2.24) is 10.6 Å². The average Bonchev–Trinajstić information content (AvgIpc) is 2.85. The quantitative estimate of drug-likeness (QED) is 0.607. The van der Waals surface area contributed by atoms with Crippen molar-refractivity contribution in [3.05, 3.63) is 35.5 Å². The van der Waals surface area contributed by atoms with Crippen LogP contribution in [0.1, 0.15) is 31.1 Å². The lowest BCUT2D eigenvalue weighted by Gasteiger charge is -2.05. The van der Waals surface area contributed by atoms with E-state index in [4.69, 9.17) is 9.26 Å². The van der Waals surface area contributed by atoms with Crippen LogP contribution in [0.3, 0.4) is 0 Å². The monoisotopic (exact) mass is 291 g/mol. The molecule has 0 bridgehead atoms. The van der Waals surface area contributed by atoms with E-state index in [1.807, 2.05) is 38.1 Å². The Morgan fingerprint density at radius 2 is 2.05 bits per heavy atom. The second kappa shape index (κ2) is 7.08. The number of nitrogens with zero attached hydrogens (tertiary/aromatic N) is 2. The first-order valence-corrected chi connectivity index (χ1v) is 7.03. The van der Waals surface area contributed by atoms with Gasteiger partial charge in [0.1, 0.15) is 5.75 Å². The van der Waals surface area contributed by atoms with Crippen LogP contribution < -0.4 is 19.8 Å². The van der Waals surface area contributed by atoms with Gasteiger partial charge in [0.05, 0.1) is 18.9 Å². The number of hydrogen-bond acceptors (Lipinski definition) is 5. The second-order valence-electron chi connectivity index (χ2n) is 5.12. The highest BCUT2D eigenvalue weighted by Gasteiger charge is 2.19. The maximum atomic E-state index is 11.6. The van der Waals surface area contributed by atoms with Crippen LogP contribution >= 0.6 is 0 Å². The minimum Gasteiger partial charge on any atom is -0.539 e. The molecule has 0 aliphatic rings. The molecule has 1 aromatic carbocycles. The summed E-state index contributed by atoms with van der Waals surface area (Å²) >= 11 is 0. The van der Waals surface area contributed by atoms with Gasteiger partial charge >= 0.3 is 0 Å². The lowest BCUT2D eigenvalue weighted by atomic mass is 10.1. The van der Waals surface area contributed by atoms with Gasteiger partial charge in [0.25, 0.3) is 0 Å². The number of aromatic nitrogens is 2. The van der Waals surface area contributed by atoms with Crippen molar-refractivity contribution in [1.29, 1.82) is 0 Å². The van der Waals surface area contributed by atoms with Gasteiger partial charge in [-0.05, 0) is 44.5 Å². The fourth-order valence-electron chi connectivity index (χ4n) is 2.07. The van der Waals surface area contributed by atoms with Gasteiger partial charge in [0.2, 0.25) is 5.69 Å². The van der Waals surface area contributed by atoms with E-state index in [1.165, 1.54) is 5.56 Å². The molecule has 2 rings (SSSR count). The van der Waals surface area contributed by atoms with Crippen LogP contribution in [-0.2, 0) is 13.0 Å². The predicted molar refractivity (Wildman–Crippen MR) is 74.9 cm³/mol. The molecule has 0 saturated carbocycles. The Hall–Kier alpha value is -2.08. The number of nitrogens with one attached hydrogen (secondary N) is 1. The lowest BCUT2D eigenvalue weighted by molar-refractivity contribution is -0.785. The normalized spacial score (nSPS) is 11.0. The van der Waals surface area contributed by atoms with Gasteiger partial charge in [-0.25, -0.2) is 0 Å². The highest BCUT2D eigenvalue weighted by molar-refractivity contribution is 5.27. The summed E-state index contributed by atoms with van der Waals surface area (Å²) in [5.41, 5.74) is 1.77. The molecule has 6 heteroatoms. The van der Waals surface area contributed by atoms with E-state index in [0.717, 1.165) is 18.7 Å². The van der Waals surface area contributed by atoms with Gasteiger partial charge in [0.15, 0.2) is 12.0 Å². The molecule has 0 unspecified atom stereocenters. The van der Waals surface area contributed by atoms with Crippen molar-refractivity contribution in [2.75, 3.05) is 13.7 Å². The summed E-state index contributed by atoms with van der Waals surface area (Å²) in [6.07, 6.45) is 0.880. The Balaban J connectivity index is 1.83. The Bertz CT molecular complexity index is 564. The van der Waals surface area contributed by atoms with Crippen LogP contribution in [0.25, 0.3) is 0 Å². The Kier molecular flexibility index (Phi) is 5.16. The van der Waals surface area contributed by atoms with Crippen LogP contribution in [0.2, 0.25) is 0 Å². The smallest absolute Gasteiger partial charge is 0.247 e. The maximum Gasteiger partial charge on any atom is 0.247 e.